The van der Waals surface area contributed by atoms with Crippen LogP contribution < -0.4 is 15.8 Å². The van der Waals surface area contributed by atoms with Crippen LogP contribution in [-0.4, -0.2) is 57.4 Å². The summed E-state index contributed by atoms with van der Waals surface area (Å²) in [6, 6.07) is 18.8. The monoisotopic (exact) mass is 510 g/mol. The van der Waals surface area contributed by atoms with E-state index in [1.54, 1.807) is 7.11 Å². The maximum absolute atomic E-state index is 6.12. The van der Waals surface area contributed by atoms with E-state index in [4.69, 9.17) is 15.2 Å². The number of nitrogens with one attached hydrogen (secondary N) is 1. The van der Waals surface area contributed by atoms with Gasteiger partial charge in [-0.25, -0.2) is 0 Å². The maximum Gasteiger partial charge on any atom is 0.188 e. The van der Waals surface area contributed by atoms with Crippen LogP contribution in [0.1, 0.15) is 17.2 Å². The first-order valence-corrected chi connectivity index (χ1v) is 9.79. The Morgan fingerprint density at radius 1 is 1.14 bits per heavy atom. The van der Waals surface area contributed by atoms with Gasteiger partial charge in [-0.3, -0.25) is 9.89 Å². The number of morpholine rings is 1. The molecule has 0 aromatic heterocycles. The highest BCUT2D eigenvalue weighted by Gasteiger charge is 2.22. The third-order valence-corrected chi connectivity index (χ3v) is 4.98. The standard InChI is InChI=1S/C22H30N4O2.HI/c1-27-20-9-7-18(8-10-20)11-12-24-22(23)25-17-21(19-5-3-2-4-6-19)26-13-15-28-16-14-26;/h2-10,21H,11-17H2,1H3,(H3,23,24,25);1H. The Morgan fingerprint density at radius 3 is 2.48 bits per heavy atom. The first-order valence-electron chi connectivity index (χ1n) is 9.79. The summed E-state index contributed by atoms with van der Waals surface area (Å²) in [5.74, 6) is 1.36. The van der Waals surface area contributed by atoms with E-state index in [9.17, 15) is 0 Å². The first-order chi connectivity index (χ1) is 13.8. The van der Waals surface area contributed by atoms with E-state index in [-0.39, 0.29) is 30.0 Å². The number of methoxy groups -OCH3 is 1. The van der Waals surface area contributed by atoms with Gasteiger partial charge in [0.2, 0.25) is 0 Å². The number of rotatable bonds is 8. The highest BCUT2D eigenvalue weighted by Crippen LogP contribution is 2.22. The van der Waals surface area contributed by atoms with Gasteiger partial charge >= 0.3 is 0 Å². The fourth-order valence-electron chi connectivity index (χ4n) is 3.36. The van der Waals surface area contributed by atoms with Gasteiger partial charge < -0.3 is 20.5 Å². The lowest BCUT2D eigenvalue weighted by molar-refractivity contribution is 0.0180. The molecule has 1 aliphatic heterocycles. The normalized spacial score (nSPS) is 16.0. The van der Waals surface area contributed by atoms with Gasteiger partial charge in [-0.2, -0.15) is 0 Å². The molecular formula is C22H31IN4O2. The number of nitrogens with zero attached hydrogens (tertiary/aromatic N) is 2. The minimum absolute atomic E-state index is 0. The summed E-state index contributed by atoms with van der Waals surface area (Å²) >= 11 is 0. The zero-order chi connectivity index (χ0) is 19.6. The zero-order valence-corrected chi connectivity index (χ0v) is 19.3. The number of guanidine groups is 1. The van der Waals surface area contributed by atoms with Crippen molar-refractivity contribution in [1.29, 1.82) is 0 Å². The van der Waals surface area contributed by atoms with Crippen LogP contribution in [-0.2, 0) is 11.2 Å². The number of benzene rings is 2. The van der Waals surface area contributed by atoms with Crippen LogP contribution in [0.25, 0.3) is 0 Å². The Kier molecular flexibility index (Phi) is 10.2. The van der Waals surface area contributed by atoms with Crippen LogP contribution >= 0.6 is 24.0 Å². The molecule has 1 unspecified atom stereocenters. The third kappa shape index (κ3) is 7.49. The highest BCUT2D eigenvalue weighted by molar-refractivity contribution is 14.0. The third-order valence-electron chi connectivity index (χ3n) is 4.98. The van der Waals surface area contributed by atoms with Crippen LogP contribution in [0.5, 0.6) is 5.75 Å². The topological polar surface area (TPSA) is 72.1 Å². The molecule has 1 atom stereocenters. The molecule has 29 heavy (non-hydrogen) atoms. The zero-order valence-electron chi connectivity index (χ0n) is 16.9. The van der Waals surface area contributed by atoms with E-state index in [2.05, 4.69) is 51.6 Å². The lowest BCUT2D eigenvalue weighted by atomic mass is 10.1. The van der Waals surface area contributed by atoms with Crippen molar-refractivity contribution >= 4 is 29.9 Å². The molecule has 3 N–H and O–H groups in total. The van der Waals surface area contributed by atoms with Crippen molar-refractivity contribution in [3.63, 3.8) is 0 Å². The van der Waals surface area contributed by atoms with E-state index in [1.165, 1.54) is 11.1 Å². The van der Waals surface area contributed by atoms with Crippen LogP contribution in [0, 0.1) is 0 Å². The van der Waals surface area contributed by atoms with Crippen molar-refractivity contribution in [1.82, 2.24) is 10.2 Å². The molecule has 1 aliphatic rings. The summed E-state index contributed by atoms with van der Waals surface area (Å²) in [4.78, 5) is 7.04. The van der Waals surface area contributed by atoms with Crippen molar-refractivity contribution in [2.45, 2.75) is 12.5 Å². The maximum atomic E-state index is 6.12. The second-order valence-electron chi connectivity index (χ2n) is 6.83. The van der Waals surface area contributed by atoms with Crippen molar-refractivity contribution in [2.24, 2.45) is 10.7 Å². The number of hydrogen-bond acceptors (Lipinski definition) is 4. The number of nitrogens with two attached hydrogens (primary N) is 1. The summed E-state index contributed by atoms with van der Waals surface area (Å²) in [5.41, 5.74) is 8.61. The Balaban J connectivity index is 0.00000300. The van der Waals surface area contributed by atoms with Crippen molar-refractivity contribution in [3.8, 4) is 5.75 Å². The van der Waals surface area contributed by atoms with E-state index < -0.39 is 0 Å². The Bertz CT molecular complexity index is 734. The quantitative estimate of drug-likeness (QED) is 0.325. The fraction of sp³-hybridized carbons (Fsp3) is 0.409. The second kappa shape index (κ2) is 12.7. The number of aliphatic imine (C=N–C) groups is 1. The summed E-state index contributed by atoms with van der Waals surface area (Å²) in [5, 5.41) is 3.22. The van der Waals surface area contributed by atoms with Gasteiger partial charge in [0.1, 0.15) is 5.75 Å². The second-order valence-corrected chi connectivity index (χ2v) is 6.83. The van der Waals surface area contributed by atoms with Gasteiger partial charge in [-0.15, -0.1) is 24.0 Å². The fourth-order valence-corrected chi connectivity index (χ4v) is 3.36. The molecule has 2 aromatic carbocycles. The lowest BCUT2D eigenvalue weighted by Crippen LogP contribution is -2.41. The molecule has 6 nitrogen and oxygen atoms in total. The molecule has 0 spiro atoms. The lowest BCUT2D eigenvalue weighted by Gasteiger charge is -2.34. The molecular weight excluding hydrogens is 479 g/mol. The molecule has 2 aromatic rings. The van der Waals surface area contributed by atoms with Crippen LogP contribution in [0.15, 0.2) is 59.6 Å². The van der Waals surface area contributed by atoms with Crippen LogP contribution in [0.3, 0.4) is 0 Å². The van der Waals surface area contributed by atoms with Gasteiger partial charge in [0, 0.05) is 19.6 Å². The highest BCUT2D eigenvalue weighted by atomic mass is 127. The van der Waals surface area contributed by atoms with Crippen molar-refractivity contribution in [3.05, 3.63) is 65.7 Å². The Labute approximate surface area is 190 Å². The van der Waals surface area contributed by atoms with E-state index >= 15 is 0 Å². The number of halogens is 1. The summed E-state index contributed by atoms with van der Waals surface area (Å²) in [7, 11) is 1.67. The van der Waals surface area contributed by atoms with Gasteiger partial charge in [-0.1, -0.05) is 42.5 Å². The summed E-state index contributed by atoms with van der Waals surface area (Å²) in [6.07, 6.45) is 0.881. The molecule has 0 bridgehead atoms. The van der Waals surface area contributed by atoms with Crippen molar-refractivity contribution < 1.29 is 9.47 Å². The first kappa shape index (κ1) is 23.4. The van der Waals surface area contributed by atoms with Gasteiger partial charge in [0.15, 0.2) is 5.96 Å². The number of hydrogen-bond donors (Lipinski definition) is 2. The molecule has 1 heterocycles. The minimum atomic E-state index is 0. The van der Waals surface area contributed by atoms with Crippen molar-refractivity contribution in [2.75, 3.05) is 46.5 Å². The molecule has 0 amide bonds. The molecule has 3 rings (SSSR count). The van der Waals surface area contributed by atoms with Crippen LogP contribution in [0.2, 0.25) is 0 Å². The van der Waals surface area contributed by atoms with Gasteiger partial charge in [0.25, 0.3) is 0 Å². The number of ether oxygens (including phenoxy) is 2. The smallest absolute Gasteiger partial charge is 0.188 e. The largest absolute Gasteiger partial charge is 0.497 e. The SMILES string of the molecule is COc1ccc(CCNC(N)=NCC(c2ccccc2)N2CCOCC2)cc1.I. The molecule has 7 heteroatoms. The molecule has 0 saturated carbocycles. The van der Waals surface area contributed by atoms with Gasteiger partial charge in [-0.05, 0) is 29.7 Å². The minimum Gasteiger partial charge on any atom is -0.497 e. The molecule has 1 saturated heterocycles. The molecule has 1 fully saturated rings. The average Bonchev–Trinajstić information content (AvgIpc) is 2.76. The van der Waals surface area contributed by atoms with E-state index in [1.807, 2.05) is 18.2 Å². The van der Waals surface area contributed by atoms with Crippen LogP contribution in [0.4, 0.5) is 0 Å². The average molecular weight is 510 g/mol. The Morgan fingerprint density at radius 2 is 1.83 bits per heavy atom. The molecule has 158 valence electrons. The van der Waals surface area contributed by atoms with E-state index in [0.717, 1.165) is 45.0 Å². The Hall–Kier alpha value is -1.84. The summed E-state index contributed by atoms with van der Waals surface area (Å²) in [6.45, 7) is 4.74. The van der Waals surface area contributed by atoms with E-state index in [0.29, 0.717) is 12.5 Å². The van der Waals surface area contributed by atoms with Gasteiger partial charge in [0.05, 0.1) is 32.9 Å². The summed E-state index contributed by atoms with van der Waals surface area (Å²) < 4.78 is 10.7. The predicted octanol–water partition coefficient (Wildman–Crippen LogP) is 2.83. The molecule has 0 radical (unpaired) electrons. The molecule has 0 aliphatic carbocycles. The predicted molar refractivity (Wildman–Crippen MR) is 128 cm³/mol.